The molecule has 4 aromatic carbocycles. The molecule has 0 aliphatic carbocycles. The SMILES string of the molecule is CC1(C)OB(c2ccc3c4cccnc4c4ccc5c6ccccc6ccc5c4c3n2)OC1(C)C. The molecule has 0 unspecified atom stereocenters. The van der Waals surface area contributed by atoms with Gasteiger partial charge in [0.1, 0.15) is 0 Å². The van der Waals surface area contributed by atoms with E-state index >= 15 is 0 Å². The molecule has 6 aromatic rings. The summed E-state index contributed by atoms with van der Waals surface area (Å²) >= 11 is 0. The second-order valence-electron chi connectivity index (χ2n) is 10.5. The molecule has 4 nitrogen and oxygen atoms in total. The molecule has 7 rings (SSSR count). The van der Waals surface area contributed by atoms with E-state index in [2.05, 4.69) is 88.4 Å². The fraction of sp³-hybridized carbons (Fsp3) is 0.200. The number of hydrogen-bond acceptors (Lipinski definition) is 4. The zero-order chi connectivity index (χ0) is 23.9. The van der Waals surface area contributed by atoms with Crippen LogP contribution in [0.2, 0.25) is 0 Å². The summed E-state index contributed by atoms with van der Waals surface area (Å²) in [5, 5.41) is 9.27. The van der Waals surface area contributed by atoms with Crippen molar-refractivity contribution in [3.63, 3.8) is 0 Å². The zero-order valence-corrected chi connectivity index (χ0v) is 20.3. The second kappa shape index (κ2) is 7.00. The summed E-state index contributed by atoms with van der Waals surface area (Å²) < 4.78 is 12.7. The molecule has 0 atom stereocenters. The fourth-order valence-corrected chi connectivity index (χ4v) is 5.36. The third-order valence-corrected chi connectivity index (χ3v) is 7.93. The van der Waals surface area contributed by atoms with Crippen LogP contribution in [0.15, 0.2) is 79.0 Å². The van der Waals surface area contributed by atoms with Crippen molar-refractivity contribution in [2.24, 2.45) is 0 Å². The van der Waals surface area contributed by atoms with Crippen LogP contribution in [0.25, 0.3) is 54.1 Å². The molecule has 0 amide bonds. The Hall–Kier alpha value is -3.54. The van der Waals surface area contributed by atoms with Crippen LogP contribution < -0.4 is 5.59 Å². The van der Waals surface area contributed by atoms with Gasteiger partial charge in [-0.2, -0.15) is 0 Å². The molecule has 2 aromatic heterocycles. The summed E-state index contributed by atoms with van der Waals surface area (Å²) in [6, 6.07) is 25.7. The maximum absolute atomic E-state index is 6.35. The number of aromatic nitrogens is 2. The van der Waals surface area contributed by atoms with E-state index in [1.807, 2.05) is 18.3 Å². The van der Waals surface area contributed by atoms with Crippen LogP contribution in [0.3, 0.4) is 0 Å². The fourth-order valence-electron chi connectivity index (χ4n) is 5.36. The average Bonchev–Trinajstić information content (AvgIpc) is 3.09. The Kier molecular flexibility index (Phi) is 4.16. The van der Waals surface area contributed by atoms with Gasteiger partial charge in [0.2, 0.25) is 0 Å². The first-order valence-electron chi connectivity index (χ1n) is 12.1. The van der Waals surface area contributed by atoms with E-state index < -0.39 is 18.3 Å². The highest BCUT2D eigenvalue weighted by Crippen LogP contribution is 2.40. The Labute approximate surface area is 204 Å². The predicted molar refractivity (Wildman–Crippen MR) is 145 cm³/mol. The standard InChI is InChI=1S/C30H25BN2O2/c1-29(2)30(3,4)35-31(34-29)25-16-15-23-22-10-7-17-32-27(22)24-14-13-20-19-9-6-5-8-18(19)11-12-21(20)26(24)28(23)33-25/h5-17H,1-4H3. The molecular formula is C30H25BN2O2. The van der Waals surface area contributed by atoms with Gasteiger partial charge in [-0.05, 0) is 61.4 Å². The van der Waals surface area contributed by atoms with E-state index in [1.54, 1.807) is 0 Å². The smallest absolute Gasteiger partial charge is 0.398 e. The van der Waals surface area contributed by atoms with Gasteiger partial charge in [0.25, 0.3) is 0 Å². The van der Waals surface area contributed by atoms with Gasteiger partial charge in [0.15, 0.2) is 0 Å². The number of fused-ring (bicyclic) bond motifs is 10. The summed E-state index contributed by atoms with van der Waals surface area (Å²) in [4.78, 5) is 10.0. The topological polar surface area (TPSA) is 44.2 Å². The van der Waals surface area contributed by atoms with Crippen LogP contribution in [-0.4, -0.2) is 28.3 Å². The van der Waals surface area contributed by atoms with E-state index in [0.717, 1.165) is 38.2 Å². The van der Waals surface area contributed by atoms with Crippen LogP contribution in [0, 0.1) is 0 Å². The van der Waals surface area contributed by atoms with E-state index in [0.29, 0.717) is 0 Å². The summed E-state index contributed by atoms with van der Waals surface area (Å²) in [5.41, 5.74) is 1.90. The monoisotopic (exact) mass is 456 g/mol. The molecule has 1 aliphatic heterocycles. The molecule has 5 heteroatoms. The number of pyridine rings is 2. The Balaban J connectivity index is 1.61. The molecule has 1 saturated heterocycles. The van der Waals surface area contributed by atoms with Crippen molar-refractivity contribution >= 4 is 66.8 Å². The van der Waals surface area contributed by atoms with Crippen molar-refractivity contribution in [2.45, 2.75) is 38.9 Å². The van der Waals surface area contributed by atoms with Crippen LogP contribution in [0.1, 0.15) is 27.7 Å². The average molecular weight is 456 g/mol. The summed E-state index contributed by atoms with van der Waals surface area (Å²) in [6.45, 7) is 8.28. The molecule has 0 N–H and O–H groups in total. The first kappa shape index (κ1) is 20.8. The van der Waals surface area contributed by atoms with Gasteiger partial charge in [-0.25, -0.2) is 0 Å². The molecule has 0 bridgehead atoms. The normalized spacial score (nSPS) is 17.3. The van der Waals surface area contributed by atoms with Gasteiger partial charge in [-0.1, -0.05) is 60.7 Å². The van der Waals surface area contributed by atoms with Crippen LogP contribution in [-0.2, 0) is 9.31 Å². The van der Waals surface area contributed by atoms with E-state index in [4.69, 9.17) is 19.3 Å². The zero-order valence-electron chi connectivity index (χ0n) is 20.3. The van der Waals surface area contributed by atoms with Crippen molar-refractivity contribution in [1.29, 1.82) is 0 Å². The Bertz CT molecular complexity index is 1810. The van der Waals surface area contributed by atoms with Gasteiger partial charge in [-0.3, -0.25) is 9.97 Å². The minimum atomic E-state index is -0.514. The second-order valence-corrected chi connectivity index (χ2v) is 10.5. The lowest BCUT2D eigenvalue weighted by molar-refractivity contribution is 0.00578. The summed E-state index contributed by atoms with van der Waals surface area (Å²) in [7, 11) is -0.514. The van der Waals surface area contributed by atoms with Gasteiger partial charge in [0.05, 0.1) is 27.8 Å². The van der Waals surface area contributed by atoms with Gasteiger partial charge in [-0.15, -0.1) is 0 Å². The predicted octanol–water partition coefficient (Wildman–Crippen LogP) is 6.54. The van der Waals surface area contributed by atoms with Gasteiger partial charge in [0, 0.05) is 27.7 Å². The van der Waals surface area contributed by atoms with Crippen molar-refractivity contribution in [2.75, 3.05) is 0 Å². The number of hydrogen-bond donors (Lipinski definition) is 0. The van der Waals surface area contributed by atoms with Crippen LogP contribution in [0.4, 0.5) is 0 Å². The minimum absolute atomic E-state index is 0.421. The van der Waals surface area contributed by atoms with Crippen molar-refractivity contribution in [3.05, 3.63) is 79.0 Å². The van der Waals surface area contributed by atoms with Crippen molar-refractivity contribution < 1.29 is 9.31 Å². The lowest BCUT2D eigenvalue weighted by Gasteiger charge is -2.32. The number of benzene rings is 4. The first-order chi connectivity index (χ1) is 16.8. The lowest BCUT2D eigenvalue weighted by Crippen LogP contribution is -2.41. The molecule has 1 fully saturated rings. The molecule has 1 aliphatic rings. The highest BCUT2D eigenvalue weighted by atomic mass is 16.7. The van der Waals surface area contributed by atoms with E-state index in [-0.39, 0.29) is 0 Å². The quantitative estimate of drug-likeness (QED) is 0.208. The third-order valence-electron chi connectivity index (χ3n) is 7.93. The summed E-state index contributed by atoms with van der Waals surface area (Å²) in [5.74, 6) is 0. The van der Waals surface area contributed by atoms with E-state index in [9.17, 15) is 0 Å². The summed E-state index contributed by atoms with van der Waals surface area (Å²) in [6.07, 6.45) is 1.87. The third kappa shape index (κ3) is 2.89. The molecule has 35 heavy (non-hydrogen) atoms. The minimum Gasteiger partial charge on any atom is -0.398 e. The van der Waals surface area contributed by atoms with E-state index in [1.165, 1.54) is 21.5 Å². The van der Waals surface area contributed by atoms with Gasteiger partial charge < -0.3 is 9.31 Å². The van der Waals surface area contributed by atoms with Crippen molar-refractivity contribution in [3.8, 4) is 0 Å². The molecular weight excluding hydrogens is 431 g/mol. The van der Waals surface area contributed by atoms with Crippen LogP contribution >= 0.6 is 0 Å². The molecule has 0 saturated carbocycles. The maximum Gasteiger partial charge on any atom is 0.514 e. The molecule has 170 valence electrons. The largest absolute Gasteiger partial charge is 0.514 e. The number of nitrogens with zero attached hydrogens (tertiary/aromatic N) is 2. The lowest BCUT2D eigenvalue weighted by atomic mass is 9.83. The Morgan fingerprint density at radius 1 is 0.600 bits per heavy atom. The molecule has 0 spiro atoms. The highest BCUT2D eigenvalue weighted by molar-refractivity contribution is 6.61. The first-order valence-corrected chi connectivity index (χ1v) is 12.1. The molecule has 3 heterocycles. The maximum atomic E-state index is 6.35. The van der Waals surface area contributed by atoms with Crippen molar-refractivity contribution in [1.82, 2.24) is 9.97 Å². The number of rotatable bonds is 1. The highest BCUT2D eigenvalue weighted by Gasteiger charge is 2.52. The van der Waals surface area contributed by atoms with Gasteiger partial charge >= 0.3 is 7.12 Å². The Morgan fingerprint density at radius 2 is 1.26 bits per heavy atom. The molecule has 0 radical (unpaired) electrons. The Morgan fingerprint density at radius 3 is 2.09 bits per heavy atom. The van der Waals surface area contributed by atoms with Crippen LogP contribution in [0.5, 0.6) is 0 Å².